The molecule has 0 heterocycles. The largest absolute Gasteiger partial charge is 0.352 e. The lowest BCUT2D eigenvalue weighted by Crippen LogP contribution is -2.27. The molecule has 1 rings (SSSR count). The molecule has 0 atom stereocenters. The Kier molecular flexibility index (Phi) is 4.55. The molecule has 1 amide bonds. The van der Waals surface area contributed by atoms with Gasteiger partial charge in [-0.15, -0.1) is 0 Å². The van der Waals surface area contributed by atoms with Crippen molar-refractivity contribution in [2.75, 3.05) is 6.54 Å². The Morgan fingerprint density at radius 2 is 2.24 bits per heavy atom. The summed E-state index contributed by atoms with van der Waals surface area (Å²) >= 11 is 0. The van der Waals surface area contributed by atoms with Crippen LogP contribution in [0, 0.1) is 12.8 Å². The maximum atomic E-state index is 11.8. The van der Waals surface area contributed by atoms with Gasteiger partial charge in [0.05, 0.1) is 0 Å². The molecule has 17 heavy (non-hydrogen) atoms. The average Bonchev–Trinajstić information content (AvgIpc) is 2.29. The van der Waals surface area contributed by atoms with Crippen molar-refractivity contribution >= 4 is 11.6 Å². The predicted octanol–water partition coefficient (Wildman–Crippen LogP) is 3.32. The van der Waals surface area contributed by atoms with Crippen molar-refractivity contribution in [3.8, 4) is 0 Å². The van der Waals surface area contributed by atoms with Gasteiger partial charge in [0.15, 0.2) is 0 Å². The summed E-state index contributed by atoms with van der Waals surface area (Å²) in [5, 5.41) is 6.36. The van der Waals surface area contributed by atoms with Gasteiger partial charge in [-0.2, -0.15) is 0 Å². The Hall–Kier alpha value is -2.00. The molecule has 90 valence electrons. The number of benzene rings is 1. The van der Waals surface area contributed by atoms with Crippen LogP contribution in [-0.2, 0) is 0 Å². The van der Waals surface area contributed by atoms with Crippen molar-refractivity contribution in [2.24, 2.45) is 11.0 Å². The van der Waals surface area contributed by atoms with E-state index in [-0.39, 0.29) is 5.91 Å². The van der Waals surface area contributed by atoms with Crippen LogP contribution < -0.4 is 5.32 Å². The summed E-state index contributed by atoms with van der Waals surface area (Å²) in [6.45, 7) is 6.52. The van der Waals surface area contributed by atoms with Crippen molar-refractivity contribution in [3.63, 3.8) is 0 Å². The zero-order chi connectivity index (χ0) is 12.8. The highest BCUT2D eigenvalue weighted by atomic mass is 16.1. The summed E-state index contributed by atoms with van der Waals surface area (Å²) in [4.78, 5) is 14.5. The summed E-state index contributed by atoms with van der Waals surface area (Å²) < 4.78 is 0. The van der Waals surface area contributed by atoms with E-state index in [2.05, 4.69) is 15.3 Å². The fourth-order valence-corrected chi connectivity index (χ4v) is 1.31. The van der Waals surface area contributed by atoms with Gasteiger partial charge in [0, 0.05) is 22.7 Å². The minimum atomic E-state index is -0.145. The summed E-state index contributed by atoms with van der Waals surface area (Å²) in [5.74, 6) is 0.258. The highest BCUT2D eigenvalue weighted by Crippen LogP contribution is 2.20. The molecule has 0 aromatic heterocycles. The third-order valence-electron chi connectivity index (χ3n) is 2.29. The number of rotatable bonds is 4. The molecule has 1 aromatic carbocycles. The highest BCUT2D eigenvalue weighted by Gasteiger charge is 2.07. The molecule has 5 nitrogen and oxygen atoms in total. The van der Waals surface area contributed by atoms with E-state index >= 15 is 0 Å². The molecule has 0 aliphatic rings. The van der Waals surface area contributed by atoms with E-state index in [1.54, 1.807) is 18.2 Å². The van der Waals surface area contributed by atoms with Gasteiger partial charge in [0.1, 0.15) is 0 Å². The molecule has 0 aliphatic carbocycles. The summed E-state index contributed by atoms with van der Waals surface area (Å²) in [7, 11) is 0. The lowest BCUT2D eigenvalue weighted by atomic mass is 10.1. The first-order valence-electron chi connectivity index (χ1n) is 5.48. The fraction of sp³-hybridized carbons (Fsp3) is 0.417. The first-order valence-corrected chi connectivity index (χ1v) is 5.48. The van der Waals surface area contributed by atoms with E-state index in [9.17, 15) is 4.79 Å². The average molecular weight is 232 g/mol. The third-order valence-corrected chi connectivity index (χ3v) is 2.29. The van der Waals surface area contributed by atoms with E-state index in [0.29, 0.717) is 23.7 Å². The Balaban J connectivity index is 2.88. The minimum absolute atomic E-state index is 0.145. The molecule has 0 saturated carbocycles. The van der Waals surface area contributed by atoms with Crippen LogP contribution in [0.2, 0.25) is 0 Å². The van der Waals surface area contributed by atoms with Crippen LogP contribution in [0.4, 0.5) is 5.69 Å². The Morgan fingerprint density at radius 3 is 2.82 bits per heavy atom. The van der Waals surface area contributed by atoms with Crippen LogP contribution in [0.5, 0.6) is 0 Å². The standard InChI is InChI=1S/C12H16N4O/c1-8(2)7-14-12(17)10-5-4-9(3)11(6-10)15-16-13/h4-6,8H,7H2,1-3H3,(H,14,17). The number of aryl methyl sites for hydroxylation is 1. The molecule has 1 N–H and O–H groups in total. The number of carbonyl (C=O) groups excluding carboxylic acids is 1. The Bertz CT molecular complexity index is 462. The molecule has 0 fully saturated rings. The van der Waals surface area contributed by atoms with Crippen LogP contribution in [0.15, 0.2) is 23.3 Å². The van der Waals surface area contributed by atoms with Gasteiger partial charge < -0.3 is 5.32 Å². The van der Waals surface area contributed by atoms with Gasteiger partial charge in [-0.1, -0.05) is 25.0 Å². The summed E-state index contributed by atoms with van der Waals surface area (Å²) in [6, 6.07) is 5.10. The summed E-state index contributed by atoms with van der Waals surface area (Å²) in [6.07, 6.45) is 0. The zero-order valence-corrected chi connectivity index (χ0v) is 10.3. The number of carbonyl (C=O) groups is 1. The second kappa shape index (κ2) is 5.92. The number of nitrogens with one attached hydrogen (secondary N) is 1. The predicted molar refractivity (Wildman–Crippen MR) is 67.2 cm³/mol. The van der Waals surface area contributed by atoms with Crippen molar-refractivity contribution in [1.82, 2.24) is 5.32 Å². The first kappa shape index (κ1) is 13.1. The van der Waals surface area contributed by atoms with E-state index in [1.807, 2.05) is 20.8 Å². The summed E-state index contributed by atoms with van der Waals surface area (Å²) in [5.41, 5.74) is 10.3. The molecule has 0 saturated heterocycles. The van der Waals surface area contributed by atoms with Crippen LogP contribution >= 0.6 is 0 Å². The Morgan fingerprint density at radius 1 is 1.53 bits per heavy atom. The lowest BCUT2D eigenvalue weighted by Gasteiger charge is -2.08. The van der Waals surface area contributed by atoms with E-state index < -0.39 is 0 Å². The number of azide groups is 1. The molecule has 0 aliphatic heterocycles. The minimum Gasteiger partial charge on any atom is -0.352 e. The molecule has 0 radical (unpaired) electrons. The topological polar surface area (TPSA) is 77.9 Å². The van der Waals surface area contributed by atoms with Gasteiger partial charge in [0.25, 0.3) is 5.91 Å². The van der Waals surface area contributed by atoms with Crippen LogP contribution in [0.1, 0.15) is 29.8 Å². The van der Waals surface area contributed by atoms with Crippen molar-refractivity contribution < 1.29 is 4.79 Å². The lowest BCUT2D eigenvalue weighted by molar-refractivity contribution is 0.0949. The van der Waals surface area contributed by atoms with Crippen molar-refractivity contribution in [3.05, 3.63) is 39.8 Å². The van der Waals surface area contributed by atoms with Crippen LogP contribution in [0.3, 0.4) is 0 Å². The first-order chi connectivity index (χ1) is 8.04. The SMILES string of the molecule is Cc1ccc(C(=O)NCC(C)C)cc1N=[N+]=[N-]. The van der Waals surface area contributed by atoms with Crippen molar-refractivity contribution in [1.29, 1.82) is 0 Å². The maximum Gasteiger partial charge on any atom is 0.251 e. The van der Waals surface area contributed by atoms with E-state index in [0.717, 1.165) is 5.56 Å². The molecule has 0 unspecified atom stereocenters. The van der Waals surface area contributed by atoms with Gasteiger partial charge in [-0.25, -0.2) is 0 Å². The number of hydrogen-bond acceptors (Lipinski definition) is 2. The molecule has 0 spiro atoms. The molecular formula is C12H16N4O. The molecule has 0 bridgehead atoms. The van der Waals surface area contributed by atoms with Gasteiger partial charge in [-0.3, -0.25) is 4.79 Å². The van der Waals surface area contributed by atoms with Crippen LogP contribution in [0.25, 0.3) is 10.4 Å². The normalized spacial score (nSPS) is 9.88. The van der Waals surface area contributed by atoms with Crippen LogP contribution in [-0.4, -0.2) is 12.5 Å². The monoisotopic (exact) mass is 232 g/mol. The van der Waals surface area contributed by atoms with E-state index in [4.69, 9.17) is 5.53 Å². The third kappa shape index (κ3) is 3.81. The number of nitrogens with zero attached hydrogens (tertiary/aromatic N) is 3. The number of hydrogen-bond donors (Lipinski definition) is 1. The second-order valence-electron chi connectivity index (χ2n) is 4.29. The van der Waals surface area contributed by atoms with Gasteiger partial charge >= 0.3 is 0 Å². The van der Waals surface area contributed by atoms with Crippen molar-refractivity contribution in [2.45, 2.75) is 20.8 Å². The highest BCUT2D eigenvalue weighted by molar-refractivity contribution is 5.95. The molecule has 1 aromatic rings. The zero-order valence-electron chi connectivity index (χ0n) is 10.3. The van der Waals surface area contributed by atoms with Gasteiger partial charge in [-0.05, 0) is 36.1 Å². The second-order valence-corrected chi connectivity index (χ2v) is 4.29. The van der Waals surface area contributed by atoms with Gasteiger partial charge in [0.2, 0.25) is 0 Å². The quantitative estimate of drug-likeness (QED) is 0.482. The molecule has 5 heteroatoms. The smallest absolute Gasteiger partial charge is 0.251 e. The molecular weight excluding hydrogens is 216 g/mol. The maximum absolute atomic E-state index is 11.8. The Labute approximate surface area is 100 Å². The van der Waals surface area contributed by atoms with E-state index in [1.165, 1.54) is 0 Å². The fourth-order valence-electron chi connectivity index (χ4n) is 1.31. The number of amides is 1.